The Kier molecular flexibility index (Phi) is 3.73. The predicted octanol–water partition coefficient (Wildman–Crippen LogP) is 4.01. The third-order valence-electron chi connectivity index (χ3n) is 4.35. The molecule has 1 aliphatic heterocycles. The molecule has 3 aromatic carbocycles. The minimum Gasteiger partial charge on any atom is -0.504 e. The molecule has 0 saturated heterocycles. The fourth-order valence-electron chi connectivity index (χ4n) is 3.07. The SMILES string of the molecule is O=C1c2ccccc2NC(c2ccc(O)c(O)c2)N1c1ccc(F)cc1. The highest BCUT2D eigenvalue weighted by Crippen LogP contribution is 2.38. The number of hydrogen-bond acceptors (Lipinski definition) is 4. The minimum absolute atomic E-state index is 0.246. The molecule has 130 valence electrons. The fourth-order valence-corrected chi connectivity index (χ4v) is 3.07. The molecule has 0 saturated carbocycles. The van der Waals surface area contributed by atoms with Crippen LogP contribution in [-0.4, -0.2) is 16.1 Å². The molecule has 6 heteroatoms. The van der Waals surface area contributed by atoms with Crippen molar-refractivity contribution in [3.05, 3.63) is 83.7 Å². The van der Waals surface area contributed by atoms with Crippen molar-refractivity contribution < 1.29 is 19.4 Å². The second-order valence-electron chi connectivity index (χ2n) is 5.99. The first-order valence-electron chi connectivity index (χ1n) is 8.01. The Hall–Kier alpha value is -3.54. The van der Waals surface area contributed by atoms with E-state index >= 15 is 0 Å². The van der Waals surface area contributed by atoms with E-state index in [0.29, 0.717) is 22.5 Å². The molecular formula is C20H15FN2O3. The zero-order chi connectivity index (χ0) is 18.3. The number of nitrogens with one attached hydrogen (secondary N) is 1. The lowest BCUT2D eigenvalue weighted by Gasteiger charge is -2.38. The molecule has 0 radical (unpaired) electrons. The standard InChI is InChI=1S/C20H15FN2O3/c21-13-6-8-14(9-7-13)23-19(12-5-10-17(24)18(25)11-12)22-16-4-2-1-3-15(16)20(23)26/h1-11,19,22,24-25H. The molecule has 0 fully saturated rings. The average Bonchev–Trinajstić information content (AvgIpc) is 2.65. The van der Waals surface area contributed by atoms with Crippen molar-refractivity contribution in [1.82, 2.24) is 0 Å². The van der Waals surface area contributed by atoms with Gasteiger partial charge in [0.05, 0.1) is 5.56 Å². The van der Waals surface area contributed by atoms with Gasteiger partial charge in [0, 0.05) is 11.4 Å². The van der Waals surface area contributed by atoms with Crippen LogP contribution in [0.25, 0.3) is 0 Å². The number of carbonyl (C=O) groups is 1. The second-order valence-corrected chi connectivity index (χ2v) is 5.99. The number of phenols is 2. The number of carbonyl (C=O) groups excluding carboxylic acids is 1. The molecule has 3 N–H and O–H groups in total. The summed E-state index contributed by atoms with van der Waals surface area (Å²) >= 11 is 0. The van der Waals surface area contributed by atoms with Gasteiger partial charge < -0.3 is 15.5 Å². The quantitative estimate of drug-likeness (QED) is 0.611. The van der Waals surface area contributed by atoms with Crippen molar-refractivity contribution in [3.8, 4) is 11.5 Å². The summed E-state index contributed by atoms with van der Waals surface area (Å²) in [7, 11) is 0. The number of para-hydroxylation sites is 1. The number of amides is 1. The Morgan fingerprint density at radius 3 is 2.38 bits per heavy atom. The first-order valence-corrected chi connectivity index (χ1v) is 8.01. The maximum atomic E-state index is 13.3. The zero-order valence-corrected chi connectivity index (χ0v) is 13.6. The van der Waals surface area contributed by atoms with Gasteiger partial charge in [-0.1, -0.05) is 18.2 Å². The van der Waals surface area contributed by atoms with Crippen LogP contribution < -0.4 is 10.2 Å². The Morgan fingerprint density at radius 1 is 0.923 bits per heavy atom. The predicted molar refractivity (Wildman–Crippen MR) is 95.8 cm³/mol. The van der Waals surface area contributed by atoms with Crippen LogP contribution in [0.2, 0.25) is 0 Å². The molecule has 1 atom stereocenters. The van der Waals surface area contributed by atoms with Gasteiger partial charge in [0.25, 0.3) is 5.91 Å². The van der Waals surface area contributed by atoms with Crippen molar-refractivity contribution in [3.63, 3.8) is 0 Å². The molecule has 0 aliphatic carbocycles. The van der Waals surface area contributed by atoms with Gasteiger partial charge in [-0.2, -0.15) is 0 Å². The highest BCUT2D eigenvalue weighted by Gasteiger charge is 2.34. The highest BCUT2D eigenvalue weighted by molar-refractivity contribution is 6.12. The lowest BCUT2D eigenvalue weighted by atomic mass is 10.0. The molecule has 3 aromatic rings. The van der Waals surface area contributed by atoms with Gasteiger partial charge in [-0.3, -0.25) is 9.69 Å². The van der Waals surface area contributed by atoms with E-state index in [0.717, 1.165) is 0 Å². The van der Waals surface area contributed by atoms with Crippen LogP contribution in [0.15, 0.2) is 66.7 Å². The second kappa shape index (κ2) is 6.07. The molecule has 1 unspecified atom stereocenters. The van der Waals surface area contributed by atoms with E-state index in [-0.39, 0.29) is 17.4 Å². The van der Waals surface area contributed by atoms with Crippen LogP contribution in [0.5, 0.6) is 11.5 Å². The van der Waals surface area contributed by atoms with E-state index in [9.17, 15) is 19.4 Å². The van der Waals surface area contributed by atoms with Crippen molar-refractivity contribution in [2.45, 2.75) is 6.17 Å². The molecule has 0 aromatic heterocycles. The van der Waals surface area contributed by atoms with Gasteiger partial charge in [-0.25, -0.2) is 4.39 Å². The van der Waals surface area contributed by atoms with Crippen LogP contribution in [0.1, 0.15) is 22.1 Å². The van der Waals surface area contributed by atoms with Crippen molar-refractivity contribution >= 4 is 17.3 Å². The summed E-state index contributed by atoms with van der Waals surface area (Å²) in [5.41, 5.74) is 2.24. The van der Waals surface area contributed by atoms with Gasteiger partial charge in [0.2, 0.25) is 0 Å². The molecule has 4 rings (SSSR count). The van der Waals surface area contributed by atoms with Crippen molar-refractivity contribution in [2.24, 2.45) is 0 Å². The molecule has 0 spiro atoms. The third-order valence-corrected chi connectivity index (χ3v) is 4.35. The van der Waals surface area contributed by atoms with E-state index in [1.807, 2.05) is 6.07 Å². The van der Waals surface area contributed by atoms with Gasteiger partial charge in [0.1, 0.15) is 12.0 Å². The van der Waals surface area contributed by atoms with E-state index in [1.165, 1.54) is 41.3 Å². The van der Waals surface area contributed by atoms with E-state index in [2.05, 4.69) is 5.32 Å². The Labute approximate surface area is 148 Å². The minimum atomic E-state index is -0.630. The first-order chi connectivity index (χ1) is 12.5. The zero-order valence-electron chi connectivity index (χ0n) is 13.6. The smallest absolute Gasteiger partial charge is 0.262 e. The molecule has 0 bridgehead atoms. The number of rotatable bonds is 2. The van der Waals surface area contributed by atoms with E-state index in [1.54, 1.807) is 24.3 Å². The summed E-state index contributed by atoms with van der Waals surface area (Å²) < 4.78 is 13.3. The summed E-state index contributed by atoms with van der Waals surface area (Å²) in [5.74, 6) is -1.17. The summed E-state index contributed by atoms with van der Waals surface area (Å²) in [5, 5.41) is 22.7. The maximum absolute atomic E-state index is 13.3. The fraction of sp³-hybridized carbons (Fsp3) is 0.0500. The molecular weight excluding hydrogens is 335 g/mol. The molecule has 1 amide bonds. The molecule has 26 heavy (non-hydrogen) atoms. The van der Waals surface area contributed by atoms with Gasteiger partial charge >= 0.3 is 0 Å². The van der Waals surface area contributed by atoms with Gasteiger partial charge in [0.15, 0.2) is 11.5 Å². The number of halogens is 1. The molecule has 5 nitrogen and oxygen atoms in total. The summed E-state index contributed by atoms with van der Waals surface area (Å²) in [6.07, 6.45) is -0.630. The highest BCUT2D eigenvalue weighted by atomic mass is 19.1. The number of anilines is 2. The van der Waals surface area contributed by atoms with E-state index in [4.69, 9.17) is 0 Å². The topological polar surface area (TPSA) is 72.8 Å². The number of fused-ring (bicyclic) bond motifs is 1. The largest absolute Gasteiger partial charge is 0.504 e. The Balaban J connectivity index is 1.86. The first kappa shape index (κ1) is 16.0. The van der Waals surface area contributed by atoms with Crippen LogP contribution in [0, 0.1) is 5.82 Å². The van der Waals surface area contributed by atoms with E-state index < -0.39 is 12.0 Å². The lowest BCUT2D eigenvalue weighted by Crippen LogP contribution is -2.43. The number of aromatic hydroxyl groups is 2. The maximum Gasteiger partial charge on any atom is 0.262 e. The van der Waals surface area contributed by atoms with Crippen molar-refractivity contribution in [1.29, 1.82) is 0 Å². The number of benzene rings is 3. The Bertz CT molecular complexity index is 989. The Morgan fingerprint density at radius 2 is 1.65 bits per heavy atom. The molecule has 1 heterocycles. The number of hydrogen-bond donors (Lipinski definition) is 3. The number of nitrogens with zero attached hydrogens (tertiary/aromatic N) is 1. The molecule has 1 aliphatic rings. The summed E-state index contributed by atoms with van der Waals surface area (Å²) in [4.78, 5) is 14.6. The van der Waals surface area contributed by atoms with Gasteiger partial charge in [-0.05, 0) is 54.1 Å². The normalized spacial score (nSPS) is 16.1. The van der Waals surface area contributed by atoms with Crippen LogP contribution in [-0.2, 0) is 0 Å². The summed E-state index contributed by atoms with van der Waals surface area (Å²) in [6.45, 7) is 0. The van der Waals surface area contributed by atoms with Crippen LogP contribution in [0.4, 0.5) is 15.8 Å². The lowest BCUT2D eigenvalue weighted by molar-refractivity contribution is 0.0975. The number of phenolic OH excluding ortho intramolecular Hbond substituents is 2. The third kappa shape index (κ3) is 2.61. The average molecular weight is 350 g/mol. The van der Waals surface area contributed by atoms with Crippen LogP contribution >= 0.6 is 0 Å². The summed E-state index contributed by atoms with van der Waals surface area (Å²) in [6, 6.07) is 17.1. The van der Waals surface area contributed by atoms with Crippen molar-refractivity contribution in [2.75, 3.05) is 10.2 Å². The monoisotopic (exact) mass is 350 g/mol. The van der Waals surface area contributed by atoms with Crippen LogP contribution in [0.3, 0.4) is 0 Å². The van der Waals surface area contributed by atoms with Gasteiger partial charge in [-0.15, -0.1) is 0 Å².